The predicted molar refractivity (Wildman–Crippen MR) is 106 cm³/mol. The van der Waals surface area contributed by atoms with E-state index in [1.54, 1.807) is 4.90 Å². The van der Waals surface area contributed by atoms with Crippen molar-refractivity contribution in [2.24, 2.45) is 0 Å². The van der Waals surface area contributed by atoms with E-state index in [-0.39, 0.29) is 24.8 Å². The number of H-pyrrole nitrogens is 1. The summed E-state index contributed by atoms with van der Waals surface area (Å²) >= 11 is 0. The van der Waals surface area contributed by atoms with Gasteiger partial charge in [0.05, 0.1) is 12.1 Å². The second-order valence-corrected chi connectivity index (χ2v) is 6.95. The van der Waals surface area contributed by atoms with Crippen molar-refractivity contribution in [1.29, 1.82) is 0 Å². The number of pyridine rings is 1. The van der Waals surface area contributed by atoms with Crippen LogP contribution in [-0.2, 0) is 17.9 Å². The lowest BCUT2D eigenvalue weighted by atomic mass is 10.1. The van der Waals surface area contributed by atoms with Gasteiger partial charge in [-0.3, -0.25) is 9.59 Å². The fourth-order valence-corrected chi connectivity index (χ4v) is 3.47. The lowest BCUT2D eigenvalue weighted by Gasteiger charge is -2.22. The number of aryl methyl sites for hydroxylation is 1. The SMILES string of the molecule is CCC(=O)N(Cc1ccc2c(c1)OCO2)Cc1cc2cccc(C)c2[nH]c1=O. The molecule has 28 heavy (non-hydrogen) atoms. The Labute approximate surface area is 162 Å². The second-order valence-electron chi connectivity index (χ2n) is 6.95. The summed E-state index contributed by atoms with van der Waals surface area (Å²) in [6.45, 7) is 4.64. The van der Waals surface area contributed by atoms with Crippen molar-refractivity contribution in [3.8, 4) is 11.5 Å². The van der Waals surface area contributed by atoms with E-state index in [9.17, 15) is 9.59 Å². The first-order valence-corrected chi connectivity index (χ1v) is 9.33. The number of hydrogen-bond acceptors (Lipinski definition) is 4. The van der Waals surface area contributed by atoms with E-state index in [1.165, 1.54) is 0 Å². The third-order valence-corrected chi connectivity index (χ3v) is 4.99. The van der Waals surface area contributed by atoms with Crippen molar-refractivity contribution in [3.63, 3.8) is 0 Å². The summed E-state index contributed by atoms with van der Waals surface area (Å²) in [5, 5.41) is 0.960. The molecule has 6 nitrogen and oxygen atoms in total. The molecule has 1 aromatic heterocycles. The average molecular weight is 378 g/mol. The molecule has 2 aromatic carbocycles. The van der Waals surface area contributed by atoms with Gasteiger partial charge in [0.2, 0.25) is 12.7 Å². The lowest BCUT2D eigenvalue weighted by molar-refractivity contribution is -0.132. The van der Waals surface area contributed by atoms with E-state index in [1.807, 2.05) is 56.3 Å². The third kappa shape index (κ3) is 3.45. The van der Waals surface area contributed by atoms with Crippen LogP contribution in [0.15, 0.2) is 47.3 Å². The molecule has 1 amide bonds. The summed E-state index contributed by atoms with van der Waals surface area (Å²) < 4.78 is 10.8. The molecule has 0 unspecified atom stereocenters. The van der Waals surface area contributed by atoms with E-state index in [4.69, 9.17) is 9.47 Å². The molecule has 0 bridgehead atoms. The minimum absolute atomic E-state index is 0.0126. The molecule has 0 saturated carbocycles. The van der Waals surface area contributed by atoms with E-state index in [0.717, 1.165) is 22.0 Å². The lowest BCUT2D eigenvalue weighted by Crippen LogP contribution is -2.32. The number of nitrogens with zero attached hydrogens (tertiary/aromatic N) is 1. The molecule has 1 N–H and O–H groups in total. The number of para-hydroxylation sites is 1. The van der Waals surface area contributed by atoms with Gasteiger partial charge < -0.3 is 19.4 Å². The van der Waals surface area contributed by atoms with Crippen LogP contribution in [0.2, 0.25) is 0 Å². The number of carbonyl (C=O) groups is 1. The van der Waals surface area contributed by atoms with Gasteiger partial charge in [-0.15, -0.1) is 0 Å². The number of aromatic nitrogens is 1. The molecule has 4 rings (SSSR count). The third-order valence-electron chi connectivity index (χ3n) is 4.99. The van der Waals surface area contributed by atoms with Crippen LogP contribution in [0.25, 0.3) is 10.9 Å². The van der Waals surface area contributed by atoms with Crippen molar-refractivity contribution in [2.45, 2.75) is 33.4 Å². The van der Waals surface area contributed by atoms with Crippen molar-refractivity contribution in [3.05, 3.63) is 69.5 Å². The molecule has 0 atom stereocenters. The van der Waals surface area contributed by atoms with Gasteiger partial charge in [0.25, 0.3) is 5.56 Å². The molecule has 0 saturated heterocycles. The highest BCUT2D eigenvalue weighted by atomic mass is 16.7. The molecule has 0 spiro atoms. The molecule has 3 aromatic rings. The van der Waals surface area contributed by atoms with Crippen LogP contribution in [0.5, 0.6) is 11.5 Å². The van der Waals surface area contributed by atoms with Crippen LogP contribution in [0, 0.1) is 6.92 Å². The van der Waals surface area contributed by atoms with Crippen LogP contribution in [0.1, 0.15) is 30.0 Å². The summed E-state index contributed by atoms with van der Waals surface area (Å²) in [5.41, 5.74) is 3.18. The van der Waals surface area contributed by atoms with Gasteiger partial charge in [0.15, 0.2) is 11.5 Å². The number of aromatic amines is 1. The fraction of sp³-hybridized carbons (Fsp3) is 0.273. The second kappa shape index (κ2) is 7.38. The Hall–Kier alpha value is -3.28. The highest BCUT2D eigenvalue weighted by Crippen LogP contribution is 2.33. The zero-order valence-electron chi connectivity index (χ0n) is 16.0. The maximum atomic E-state index is 12.6. The number of rotatable bonds is 5. The number of ether oxygens (including phenoxy) is 2. The summed E-state index contributed by atoms with van der Waals surface area (Å²) in [6, 6.07) is 13.4. The Balaban J connectivity index is 1.64. The number of hydrogen-bond donors (Lipinski definition) is 1. The number of fused-ring (bicyclic) bond motifs is 2. The number of nitrogens with one attached hydrogen (secondary N) is 1. The summed E-state index contributed by atoms with van der Waals surface area (Å²) in [4.78, 5) is 29.8. The fourth-order valence-electron chi connectivity index (χ4n) is 3.47. The first-order chi connectivity index (χ1) is 13.5. The molecule has 0 radical (unpaired) electrons. The molecule has 144 valence electrons. The van der Waals surface area contributed by atoms with Crippen molar-refractivity contribution < 1.29 is 14.3 Å². The first kappa shape index (κ1) is 18.1. The number of carbonyl (C=O) groups excluding carboxylic acids is 1. The van der Waals surface area contributed by atoms with Gasteiger partial charge in [0, 0.05) is 18.5 Å². The van der Waals surface area contributed by atoms with Gasteiger partial charge in [-0.05, 0) is 41.6 Å². The zero-order chi connectivity index (χ0) is 19.7. The van der Waals surface area contributed by atoms with E-state index in [0.29, 0.717) is 30.0 Å². The van der Waals surface area contributed by atoms with Gasteiger partial charge in [0.1, 0.15) is 0 Å². The van der Waals surface area contributed by atoms with Crippen LogP contribution in [0.4, 0.5) is 0 Å². The Kier molecular flexibility index (Phi) is 4.77. The maximum Gasteiger partial charge on any atom is 0.253 e. The normalized spacial score (nSPS) is 12.4. The maximum absolute atomic E-state index is 12.6. The molecular formula is C22H22N2O4. The minimum atomic E-state index is -0.165. The Morgan fingerprint density at radius 3 is 2.75 bits per heavy atom. The summed E-state index contributed by atoms with van der Waals surface area (Å²) in [7, 11) is 0. The Bertz CT molecular complexity index is 1100. The molecule has 1 aliphatic heterocycles. The van der Waals surface area contributed by atoms with E-state index >= 15 is 0 Å². The summed E-state index contributed by atoms with van der Waals surface area (Å²) in [5.74, 6) is 1.38. The summed E-state index contributed by atoms with van der Waals surface area (Å²) in [6.07, 6.45) is 0.370. The monoisotopic (exact) mass is 378 g/mol. The van der Waals surface area contributed by atoms with Crippen molar-refractivity contribution in [1.82, 2.24) is 9.88 Å². The van der Waals surface area contributed by atoms with Gasteiger partial charge in [-0.25, -0.2) is 0 Å². The van der Waals surface area contributed by atoms with Crippen LogP contribution < -0.4 is 15.0 Å². The van der Waals surface area contributed by atoms with Crippen LogP contribution >= 0.6 is 0 Å². The van der Waals surface area contributed by atoms with Crippen molar-refractivity contribution in [2.75, 3.05) is 6.79 Å². The smallest absolute Gasteiger partial charge is 0.253 e. The Morgan fingerprint density at radius 1 is 1.11 bits per heavy atom. The molecule has 6 heteroatoms. The van der Waals surface area contributed by atoms with Gasteiger partial charge in [-0.1, -0.05) is 31.2 Å². The van der Waals surface area contributed by atoms with Gasteiger partial charge >= 0.3 is 0 Å². The number of amides is 1. The van der Waals surface area contributed by atoms with Crippen LogP contribution in [0.3, 0.4) is 0 Å². The number of benzene rings is 2. The molecule has 2 heterocycles. The average Bonchev–Trinajstić information content (AvgIpc) is 3.16. The first-order valence-electron chi connectivity index (χ1n) is 9.33. The van der Waals surface area contributed by atoms with Crippen LogP contribution in [-0.4, -0.2) is 22.6 Å². The predicted octanol–water partition coefficient (Wildman–Crippen LogP) is 3.50. The van der Waals surface area contributed by atoms with Gasteiger partial charge in [-0.2, -0.15) is 0 Å². The van der Waals surface area contributed by atoms with Crippen molar-refractivity contribution >= 4 is 16.8 Å². The highest BCUT2D eigenvalue weighted by Gasteiger charge is 2.18. The van der Waals surface area contributed by atoms with E-state index < -0.39 is 0 Å². The Morgan fingerprint density at radius 2 is 1.93 bits per heavy atom. The molecular weight excluding hydrogens is 356 g/mol. The molecule has 0 aliphatic carbocycles. The minimum Gasteiger partial charge on any atom is -0.454 e. The topological polar surface area (TPSA) is 71.6 Å². The quantitative estimate of drug-likeness (QED) is 0.738. The molecule has 1 aliphatic rings. The standard InChI is InChI=1S/C22H22N2O4/c1-3-20(25)24(11-15-7-8-18-19(9-15)28-13-27-18)12-17-10-16-6-4-5-14(2)21(16)23-22(17)26/h4-10H,3,11-13H2,1-2H3,(H,23,26). The largest absolute Gasteiger partial charge is 0.454 e. The molecule has 0 fully saturated rings. The van der Waals surface area contributed by atoms with E-state index in [2.05, 4.69) is 4.98 Å². The zero-order valence-corrected chi connectivity index (χ0v) is 16.0. The highest BCUT2D eigenvalue weighted by molar-refractivity contribution is 5.82.